The third-order valence-corrected chi connectivity index (χ3v) is 4.08. The Morgan fingerprint density at radius 2 is 1.62 bits per heavy atom. The fourth-order valence-corrected chi connectivity index (χ4v) is 2.91. The molecule has 2 atom stereocenters. The number of nitrogens with two attached hydrogens (primary N) is 2. The van der Waals surface area contributed by atoms with Crippen LogP contribution in [0.3, 0.4) is 0 Å². The first-order valence-electron chi connectivity index (χ1n) is 4.44. The molecule has 0 fully saturated rings. The highest BCUT2D eigenvalue weighted by Gasteiger charge is 2.14. The van der Waals surface area contributed by atoms with Crippen LogP contribution < -0.4 is 22.3 Å². The van der Waals surface area contributed by atoms with E-state index >= 15 is 0 Å². The molecule has 0 rings (SSSR count). The lowest BCUT2D eigenvalue weighted by molar-refractivity contribution is -0.130. The van der Waals surface area contributed by atoms with E-state index in [4.69, 9.17) is 16.7 Å². The molecule has 0 aliphatic rings. The maximum absolute atomic E-state index is 11.0. The SMILES string of the molecule is CNC(=O)[C@@H](N)CSSC[C@H](N)C(=O)NO. The minimum absolute atomic E-state index is 0.231. The van der Waals surface area contributed by atoms with E-state index in [1.807, 2.05) is 0 Å². The summed E-state index contributed by atoms with van der Waals surface area (Å²) in [5, 5.41) is 10.7. The molecule has 0 unspecified atom stereocenters. The van der Waals surface area contributed by atoms with Gasteiger partial charge >= 0.3 is 0 Å². The van der Waals surface area contributed by atoms with E-state index in [9.17, 15) is 9.59 Å². The van der Waals surface area contributed by atoms with Crippen molar-refractivity contribution < 1.29 is 14.8 Å². The predicted molar refractivity (Wildman–Crippen MR) is 64.9 cm³/mol. The maximum atomic E-state index is 11.0. The zero-order valence-electron chi connectivity index (χ0n) is 8.80. The van der Waals surface area contributed by atoms with Crippen LogP contribution >= 0.6 is 21.6 Å². The second-order valence-electron chi connectivity index (χ2n) is 2.87. The molecule has 0 bridgehead atoms. The van der Waals surface area contributed by atoms with Crippen molar-refractivity contribution in [1.29, 1.82) is 0 Å². The summed E-state index contributed by atoms with van der Waals surface area (Å²) in [5.41, 5.74) is 12.4. The van der Waals surface area contributed by atoms with Crippen LogP contribution in [0.2, 0.25) is 0 Å². The molecular weight excluding hydrogens is 252 g/mol. The normalized spacial score (nSPS) is 14.0. The molecule has 0 aromatic rings. The summed E-state index contributed by atoms with van der Waals surface area (Å²) in [6, 6.07) is -1.36. The van der Waals surface area contributed by atoms with E-state index in [1.165, 1.54) is 34.1 Å². The van der Waals surface area contributed by atoms with Gasteiger partial charge in [0.25, 0.3) is 5.91 Å². The molecule has 0 aromatic carbocycles. The minimum atomic E-state index is -0.779. The number of nitrogens with one attached hydrogen (secondary N) is 2. The van der Waals surface area contributed by atoms with Crippen molar-refractivity contribution in [3.05, 3.63) is 0 Å². The largest absolute Gasteiger partial charge is 0.358 e. The average Bonchev–Trinajstić information content (AvgIpc) is 2.31. The lowest BCUT2D eigenvalue weighted by Crippen LogP contribution is -2.41. The van der Waals surface area contributed by atoms with Crippen LogP contribution in [-0.4, -0.2) is 47.7 Å². The molecule has 0 saturated heterocycles. The maximum Gasteiger partial charge on any atom is 0.261 e. The minimum Gasteiger partial charge on any atom is -0.358 e. The number of amides is 2. The van der Waals surface area contributed by atoms with Gasteiger partial charge in [0.05, 0.1) is 12.1 Å². The molecular formula is C7H16N4O3S2. The molecule has 0 saturated carbocycles. The smallest absolute Gasteiger partial charge is 0.261 e. The van der Waals surface area contributed by atoms with Crippen LogP contribution in [0.25, 0.3) is 0 Å². The van der Waals surface area contributed by atoms with Gasteiger partial charge in [-0.15, -0.1) is 0 Å². The topological polar surface area (TPSA) is 130 Å². The molecule has 2 amide bonds. The van der Waals surface area contributed by atoms with E-state index in [1.54, 1.807) is 0 Å². The van der Waals surface area contributed by atoms with Crippen molar-refractivity contribution in [2.45, 2.75) is 12.1 Å². The number of hydrogen-bond acceptors (Lipinski definition) is 7. The summed E-state index contributed by atoms with van der Waals surface area (Å²) in [5.74, 6) is -0.107. The standard InChI is InChI=1S/C7H16N4O3S2/c1-10-6(12)4(8)2-15-16-3-5(9)7(13)11-14/h4-5,14H,2-3,8-9H2,1H3,(H,10,12)(H,11,13)/t4-,5-/m0/s1. The van der Waals surface area contributed by atoms with Gasteiger partial charge in [0.1, 0.15) is 0 Å². The molecule has 94 valence electrons. The van der Waals surface area contributed by atoms with Crippen molar-refractivity contribution in [3.8, 4) is 0 Å². The molecule has 0 heterocycles. The Morgan fingerprint density at radius 1 is 1.19 bits per heavy atom. The van der Waals surface area contributed by atoms with E-state index in [0.29, 0.717) is 11.5 Å². The van der Waals surface area contributed by atoms with Gasteiger partial charge in [-0.3, -0.25) is 14.8 Å². The number of hydroxylamine groups is 1. The first kappa shape index (κ1) is 15.5. The van der Waals surface area contributed by atoms with Crippen LogP contribution in [0, 0.1) is 0 Å². The van der Waals surface area contributed by atoms with Crippen molar-refractivity contribution in [3.63, 3.8) is 0 Å². The second-order valence-corrected chi connectivity index (χ2v) is 5.42. The van der Waals surface area contributed by atoms with Crippen LogP contribution in [0.4, 0.5) is 0 Å². The lowest BCUT2D eigenvalue weighted by Gasteiger charge is -2.10. The molecule has 16 heavy (non-hydrogen) atoms. The van der Waals surface area contributed by atoms with Crippen LogP contribution in [0.15, 0.2) is 0 Å². The zero-order chi connectivity index (χ0) is 12.6. The average molecular weight is 268 g/mol. The summed E-state index contributed by atoms with van der Waals surface area (Å²) in [6.07, 6.45) is 0. The van der Waals surface area contributed by atoms with Crippen molar-refractivity contribution in [1.82, 2.24) is 10.8 Å². The van der Waals surface area contributed by atoms with Gasteiger partial charge in [-0.25, -0.2) is 5.48 Å². The number of rotatable bonds is 7. The van der Waals surface area contributed by atoms with E-state index in [-0.39, 0.29) is 5.91 Å². The highest BCUT2D eigenvalue weighted by atomic mass is 33.1. The Balaban J connectivity index is 3.60. The van der Waals surface area contributed by atoms with Gasteiger partial charge in [-0.1, -0.05) is 21.6 Å². The van der Waals surface area contributed by atoms with E-state index < -0.39 is 18.0 Å². The number of likely N-dealkylation sites (N-methyl/N-ethyl adjacent to an activating group) is 1. The molecule has 9 heteroatoms. The van der Waals surface area contributed by atoms with Crippen molar-refractivity contribution in [2.24, 2.45) is 11.5 Å². The van der Waals surface area contributed by atoms with Crippen LogP contribution in [0.1, 0.15) is 0 Å². The van der Waals surface area contributed by atoms with Gasteiger partial charge < -0.3 is 16.8 Å². The molecule has 0 aliphatic carbocycles. The highest BCUT2D eigenvalue weighted by Crippen LogP contribution is 2.22. The third kappa shape index (κ3) is 6.18. The van der Waals surface area contributed by atoms with Gasteiger partial charge in [-0.05, 0) is 0 Å². The lowest BCUT2D eigenvalue weighted by atomic mass is 10.3. The third-order valence-electron chi connectivity index (χ3n) is 1.61. The molecule has 0 radical (unpaired) electrons. The van der Waals surface area contributed by atoms with Gasteiger partial charge in [0.15, 0.2) is 0 Å². The Hall–Kier alpha value is -0.480. The summed E-state index contributed by atoms with van der Waals surface area (Å²) in [7, 11) is 4.19. The molecule has 7 N–H and O–H groups in total. The van der Waals surface area contributed by atoms with Crippen LogP contribution in [0.5, 0.6) is 0 Å². The first-order valence-corrected chi connectivity index (χ1v) is 6.92. The van der Waals surface area contributed by atoms with E-state index in [0.717, 1.165) is 0 Å². The molecule has 0 aromatic heterocycles. The fraction of sp³-hybridized carbons (Fsp3) is 0.714. The Morgan fingerprint density at radius 3 is 2.00 bits per heavy atom. The summed E-state index contributed by atoms with van der Waals surface area (Å²) in [6.45, 7) is 0. The molecule has 0 spiro atoms. The van der Waals surface area contributed by atoms with Gasteiger partial charge in [-0.2, -0.15) is 0 Å². The first-order chi connectivity index (χ1) is 7.52. The molecule has 7 nitrogen and oxygen atoms in total. The monoisotopic (exact) mass is 268 g/mol. The Labute approximate surface area is 101 Å². The van der Waals surface area contributed by atoms with Gasteiger partial charge in [0, 0.05) is 18.6 Å². The number of carbonyl (C=O) groups is 2. The van der Waals surface area contributed by atoms with Crippen LogP contribution in [-0.2, 0) is 9.59 Å². The van der Waals surface area contributed by atoms with Gasteiger partial charge in [0.2, 0.25) is 5.91 Å². The highest BCUT2D eigenvalue weighted by molar-refractivity contribution is 8.76. The fourth-order valence-electron chi connectivity index (χ4n) is 0.663. The predicted octanol–water partition coefficient (Wildman–Crippen LogP) is -1.73. The molecule has 0 aliphatic heterocycles. The summed E-state index contributed by atoms with van der Waals surface area (Å²) < 4.78 is 0. The number of hydrogen-bond donors (Lipinski definition) is 5. The second kappa shape index (κ2) is 8.65. The summed E-state index contributed by atoms with van der Waals surface area (Å²) in [4.78, 5) is 21.8. The van der Waals surface area contributed by atoms with Crippen molar-refractivity contribution in [2.75, 3.05) is 18.6 Å². The zero-order valence-corrected chi connectivity index (χ0v) is 10.4. The number of carbonyl (C=O) groups excluding carboxylic acids is 2. The Kier molecular flexibility index (Phi) is 8.39. The summed E-state index contributed by atoms with van der Waals surface area (Å²) >= 11 is 0. The van der Waals surface area contributed by atoms with E-state index in [2.05, 4.69) is 5.32 Å². The quantitative estimate of drug-likeness (QED) is 0.160. The van der Waals surface area contributed by atoms with Crippen molar-refractivity contribution >= 4 is 33.4 Å². The Bertz CT molecular complexity index is 218.